The van der Waals surface area contributed by atoms with Gasteiger partial charge in [0, 0.05) is 30.5 Å². The van der Waals surface area contributed by atoms with Crippen LogP contribution in [0.2, 0.25) is 0 Å². The lowest BCUT2D eigenvalue weighted by Gasteiger charge is -2.46. The average Bonchev–Trinajstić information content (AvgIpc) is 3.40. The molecule has 4 rings (SSSR count). The molecule has 2 N–H and O–H groups in total. The molecule has 0 unspecified atom stereocenters. The minimum atomic E-state index is -3.67. The third kappa shape index (κ3) is 6.99. The van der Waals surface area contributed by atoms with Gasteiger partial charge in [-0.2, -0.15) is 8.42 Å². The van der Waals surface area contributed by atoms with Gasteiger partial charge in [-0.05, 0) is 62.2 Å². The van der Waals surface area contributed by atoms with Crippen molar-refractivity contribution < 1.29 is 22.4 Å². The Morgan fingerprint density at radius 1 is 1.25 bits per heavy atom. The summed E-state index contributed by atoms with van der Waals surface area (Å²) in [6.07, 6.45) is 11.0. The highest BCUT2D eigenvalue weighted by molar-refractivity contribution is 7.85. The summed E-state index contributed by atoms with van der Waals surface area (Å²) >= 11 is 1.75. The second kappa shape index (κ2) is 11.1. The molecule has 0 bridgehead atoms. The van der Waals surface area contributed by atoms with E-state index in [0.717, 1.165) is 44.7 Å². The van der Waals surface area contributed by atoms with Gasteiger partial charge < -0.3 is 14.8 Å². The number of pyridine rings is 1. The number of aromatic nitrogens is 1. The van der Waals surface area contributed by atoms with Crippen molar-refractivity contribution in [2.24, 2.45) is 0 Å². The van der Waals surface area contributed by atoms with E-state index < -0.39 is 10.1 Å². The van der Waals surface area contributed by atoms with E-state index in [0.29, 0.717) is 6.26 Å². The largest absolute Gasteiger partial charge is 0.496 e. The highest BCUT2D eigenvalue weighted by Gasteiger charge is 2.48. The summed E-state index contributed by atoms with van der Waals surface area (Å²) in [5.41, 5.74) is 1.46. The maximum Gasteiger partial charge on any atom is 0.261 e. The smallest absolute Gasteiger partial charge is 0.261 e. The van der Waals surface area contributed by atoms with Gasteiger partial charge in [0.2, 0.25) is 0 Å². The molecule has 0 amide bonds. The number of hydrogen-bond donors (Lipinski definition) is 2. The SMILES string of the molecule is COc1ccsc1CNCC[C@@]1(c2ccccn2)CCOC2(CCCC2)C1.CS(=O)(=O)O. The minimum absolute atomic E-state index is 0.0900. The van der Waals surface area contributed by atoms with E-state index in [1.165, 1.54) is 36.3 Å². The molecule has 2 aromatic rings. The van der Waals surface area contributed by atoms with Crippen LogP contribution in [0.4, 0.5) is 0 Å². The van der Waals surface area contributed by atoms with Crippen molar-refractivity contribution in [3.63, 3.8) is 0 Å². The molecule has 0 aromatic carbocycles. The van der Waals surface area contributed by atoms with Gasteiger partial charge in [-0.15, -0.1) is 11.3 Å². The predicted octanol–water partition coefficient (Wildman–Crippen LogP) is 4.20. The molecule has 2 aliphatic rings. The fraction of sp³-hybridized carbons (Fsp3) is 0.609. The number of thiophene rings is 1. The Hall–Kier alpha value is -1.52. The van der Waals surface area contributed by atoms with E-state index in [1.54, 1.807) is 18.4 Å². The van der Waals surface area contributed by atoms with Gasteiger partial charge in [-0.3, -0.25) is 9.54 Å². The first-order valence-electron chi connectivity index (χ1n) is 11.0. The van der Waals surface area contributed by atoms with Crippen molar-refractivity contribution in [1.29, 1.82) is 0 Å². The van der Waals surface area contributed by atoms with Gasteiger partial charge in [-0.1, -0.05) is 18.9 Å². The monoisotopic (exact) mass is 482 g/mol. The zero-order valence-corrected chi connectivity index (χ0v) is 20.5. The molecule has 1 saturated heterocycles. The highest BCUT2D eigenvalue weighted by atomic mass is 32.2. The molecule has 1 aliphatic heterocycles. The summed E-state index contributed by atoms with van der Waals surface area (Å²) < 4.78 is 37.6. The molecule has 7 nitrogen and oxygen atoms in total. The molecule has 9 heteroatoms. The van der Waals surface area contributed by atoms with E-state index in [2.05, 4.69) is 22.8 Å². The Labute approximate surface area is 195 Å². The molecule has 0 radical (unpaired) electrons. The number of rotatable bonds is 7. The number of methoxy groups -OCH3 is 1. The van der Waals surface area contributed by atoms with Gasteiger partial charge in [0.1, 0.15) is 5.75 Å². The van der Waals surface area contributed by atoms with Crippen molar-refractivity contribution in [2.45, 2.75) is 62.5 Å². The summed E-state index contributed by atoms with van der Waals surface area (Å²) in [5.74, 6) is 0.989. The Balaban J connectivity index is 0.000000523. The number of ether oxygens (including phenoxy) is 2. The predicted molar refractivity (Wildman–Crippen MR) is 127 cm³/mol. The molecule has 2 aromatic heterocycles. The van der Waals surface area contributed by atoms with Crippen LogP contribution < -0.4 is 10.1 Å². The molecule has 178 valence electrons. The molecule has 1 atom stereocenters. The van der Waals surface area contributed by atoms with E-state index in [-0.39, 0.29) is 11.0 Å². The molecule has 1 saturated carbocycles. The van der Waals surface area contributed by atoms with Crippen LogP contribution in [0, 0.1) is 0 Å². The van der Waals surface area contributed by atoms with Crippen LogP contribution in [0.1, 0.15) is 55.5 Å². The lowest BCUT2D eigenvalue weighted by Crippen LogP contribution is -2.47. The fourth-order valence-electron chi connectivity index (χ4n) is 4.97. The van der Waals surface area contributed by atoms with Crippen molar-refractivity contribution in [3.05, 3.63) is 46.4 Å². The quantitative estimate of drug-likeness (QED) is 0.451. The molecule has 2 fully saturated rings. The second-order valence-electron chi connectivity index (χ2n) is 8.73. The maximum absolute atomic E-state index is 9.19. The average molecular weight is 483 g/mol. The van der Waals surface area contributed by atoms with Crippen LogP contribution >= 0.6 is 11.3 Å². The molecule has 3 heterocycles. The fourth-order valence-corrected chi connectivity index (χ4v) is 5.77. The van der Waals surface area contributed by atoms with Gasteiger partial charge in [0.05, 0.1) is 23.8 Å². The third-order valence-corrected chi connectivity index (χ3v) is 7.26. The normalized spacial score (nSPS) is 22.3. The summed E-state index contributed by atoms with van der Waals surface area (Å²) in [6.45, 7) is 2.70. The second-order valence-corrected chi connectivity index (χ2v) is 11.2. The Bertz CT molecular complexity index is 934. The zero-order chi connectivity index (χ0) is 23.1. The minimum Gasteiger partial charge on any atom is -0.496 e. The summed E-state index contributed by atoms with van der Waals surface area (Å²) in [4.78, 5) is 6.05. The standard InChI is InChI=1S/C22H30N2O2S.CH4O3S/c1-25-18-7-15-27-19(18)16-23-13-10-21(20-6-2-5-12-24-20)11-14-26-22(17-21)8-3-4-9-22;1-5(2,3)4/h2,5-7,12,15,23H,3-4,8-11,13-14,16-17H2,1H3;1H3,(H,2,3,4)/t21-;/m1./s1. The van der Waals surface area contributed by atoms with Crippen LogP contribution in [-0.4, -0.2) is 50.1 Å². The van der Waals surface area contributed by atoms with Crippen LogP contribution in [0.25, 0.3) is 0 Å². The molecule has 1 aliphatic carbocycles. The van der Waals surface area contributed by atoms with Gasteiger partial charge in [-0.25, -0.2) is 0 Å². The zero-order valence-electron chi connectivity index (χ0n) is 18.9. The summed E-state index contributed by atoms with van der Waals surface area (Å²) in [6, 6.07) is 8.41. The summed E-state index contributed by atoms with van der Waals surface area (Å²) in [7, 11) is -1.93. The van der Waals surface area contributed by atoms with Crippen molar-refractivity contribution in [3.8, 4) is 5.75 Å². The lowest BCUT2D eigenvalue weighted by atomic mass is 9.68. The van der Waals surface area contributed by atoms with E-state index in [1.807, 2.05) is 18.3 Å². The van der Waals surface area contributed by atoms with Gasteiger partial charge >= 0.3 is 0 Å². The van der Waals surface area contributed by atoms with Gasteiger partial charge in [0.15, 0.2) is 0 Å². The van der Waals surface area contributed by atoms with E-state index in [4.69, 9.17) is 19.0 Å². The van der Waals surface area contributed by atoms with Gasteiger partial charge in [0.25, 0.3) is 10.1 Å². The lowest BCUT2D eigenvalue weighted by molar-refractivity contribution is -0.104. The van der Waals surface area contributed by atoms with Crippen LogP contribution in [0.5, 0.6) is 5.75 Å². The first kappa shape index (κ1) is 25.1. The molecular formula is C23H34N2O5S2. The Morgan fingerprint density at radius 3 is 2.66 bits per heavy atom. The molecule has 32 heavy (non-hydrogen) atoms. The molecular weight excluding hydrogens is 448 g/mol. The Morgan fingerprint density at radius 2 is 2.00 bits per heavy atom. The number of hydrogen-bond acceptors (Lipinski definition) is 7. The Kier molecular flexibility index (Phi) is 8.68. The van der Waals surface area contributed by atoms with Crippen molar-refractivity contribution >= 4 is 21.5 Å². The van der Waals surface area contributed by atoms with E-state index in [9.17, 15) is 8.42 Å². The third-order valence-electron chi connectivity index (χ3n) is 6.36. The summed E-state index contributed by atoms with van der Waals surface area (Å²) in [5, 5.41) is 5.74. The number of nitrogens with one attached hydrogen (secondary N) is 1. The van der Waals surface area contributed by atoms with Crippen LogP contribution in [-0.2, 0) is 26.8 Å². The first-order chi connectivity index (χ1) is 15.3. The molecule has 1 spiro atoms. The van der Waals surface area contributed by atoms with Crippen LogP contribution in [0.15, 0.2) is 35.8 Å². The first-order valence-corrected chi connectivity index (χ1v) is 13.8. The van der Waals surface area contributed by atoms with Crippen molar-refractivity contribution in [2.75, 3.05) is 26.5 Å². The van der Waals surface area contributed by atoms with Crippen LogP contribution in [0.3, 0.4) is 0 Å². The van der Waals surface area contributed by atoms with Crippen molar-refractivity contribution in [1.82, 2.24) is 10.3 Å². The van der Waals surface area contributed by atoms with E-state index >= 15 is 0 Å². The maximum atomic E-state index is 9.19. The number of nitrogens with zero attached hydrogens (tertiary/aromatic N) is 1. The topological polar surface area (TPSA) is 97.8 Å². The highest BCUT2D eigenvalue weighted by Crippen LogP contribution is 2.49.